The summed E-state index contributed by atoms with van der Waals surface area (Å²) in [6.07, 6.45) is 0. The highest BCUT2D eigenvalue weighted by Gasteiger charge is 2.18. The molecule has 0 spiro atoms. The molecule has 2 aromatic carbocycles. The minimum atomic E-state index is -0.0284. The molecule has 0 fully saturated rings. The van der Waals surface area contributed by atoms with E-state index in [-0.39, 0.29) is 11.6 Å². The van der Waals surface area contributed by atoms with Crippen molar-refractivity contribution in [3.05, 3.63) is 70.3 Å². The van der Waals surface area contributed by atoms with Gasteiger partial charge < -0.3 is 5.32 Å². The summed E-state index contributed by atoms with van der Waals surface area (Å²) in [6, 6.07) is 15.5. The van der Waals surface area contributed by atoms with Gasteiger partial charge in [-0.05, 0) is 50.1 Å². The zero-order valence-corrected chi connectivity index (χ0v) is 15.3. The molecule has 0 unspecified atom stereocenters. The smallest absolute Gasteiger partial charge is 0.266 e. The quantitative estimate of drug-likeness (QED) is 0.766. The van der Waals surface area contributed by atoms with E-state index in [0.29, 0.717) is 11.3 Å². The monoisotopic (exact) mass is 335 g/mol. The van der Waals surface area contributed by atoms with Gasteiger partial charge >= 0.3 is 0 Å². The third-order valence-corrected chi connectivity index (χ3v) is 4.38. The number of fused-ring (bicyclic) bond motifs is 1. The van der Waals surface area contributed by atoms with Gasteiger partial charge in [-0.1, -0.05) is 44.2 Å². The zero-order valence-electron chi connectivity index (χ0n) is 15.3. The van der Waals surface area contributed by atoms with E-state index in [1.165, 1.54) is 0 Å². The molecule has 0 aliphatic rings. The average molecular weight is 335 g/mol. The SMILES string of the molecule is Cc1ccccc1-n1c([C@@H](C)NCC(C)C)nc2ccccc2c1=O. The van der Waals surface area contributed by atoms with E-state index in [1.54, 1.807) is 4.57 Å². The Hall–Kier alpha value is -2.46. The van der Waals surface area contributed by atoms with Crippen LogP contribution in [0.15, 0.2) is 53.3 Å². The molecule has 0 bridgehead atoms. The molecule has 3 rings (SSSR count). The highest BCUT2D eigenvalue weighted by molar-refractivity contribution is 5.78. The van der Waals surface area contributed by atoms with Crippen LogP contribution in [0.3, 0.4) is 0 Å². The lowest BCUT2D eigenvalue weighted by Crippen LogP contribution is -2.32. The van der Waals surface area contributed by atoms with E-state index in [1.807, 2.05) is 55.5 Å². The molecule has 4 nitrogen and oxygen atoms in total. The van der Waals surface area contributed by atoms with Gasteiger partial charge in [-0.15, -0.1) is 0 Å². The van der Waals surface area contributed by atoms with Crippen LogP contribution in [0.5, 0.6) is 0 Å². The predicted molar refractivity (Wildman–Crippen MR) is 103 cm³/mol. The number of nitrogens with one attached hydrogen (secondary N) is 1. The van der Waals surface area contributed by atoms with Crippen LogP contribution < -0.4 is 10.9 Å². The summed E-state index contributed by atoms with van der Waals surface area (Å²) in [5.41, 5.74) is 2.66. The van der Waals surface area contributed by atoms with Gasteiger partial charge in [-0.25, -0.2) is 4.98 Å². The first-order valence-electron chi connectivity index (χ1n) is 8.80. The molecule has 1 aromatic heterocycles. The lowest BCUT2D eigenvalue weighted by molar-refractivity contribution is 0.475. The van der Waals surface area contributed by atoms with Crippen LogP contribution in [-0.2, 0) is 0 Å². The normalized spacial score (nSPS) is 12.7. The summed E-state index contributed by atoms with van der Waals surface area (Å²) in [6.45, 7) is 9.29. The van der Waals surface area contributed by atoms with Crippen molar-refractivity contribution >= 4 is 10.9 Å². The predicted octanol–water partition coefficient (Wildman–Crippen LogP) is 4.00. The highest BCUT2D eigenvalue weighted by Crippen LogP contribution is 2.20. The summed E-state index contributed by atoms with van der Waals surface area (Å²) in [5.74, 6) is 1.28. The van der Waals surface area contributed by atoms with Crippen molar-refractivity contribution in [1.29, 1.82) is 0 Å². The molecule has 0 radical (unpaired) electrons. The standard InChI is InChI=1S/C21H25N3O/c1-14(2)13-22-16(4)20-23-18-11-7-6-10-17(18)21(25)24(20)19-12-8-5-9-15(19)3/h5-12,14,16,22H,13H2,1-4H3/t16-/m1/s1. The summed E-state index contributed by atoms with van der Waals surface area (Å²) < 4.78 is 1.76. The largest absolute Gasteiger partial charge is 0.307 e. The maximum Gasteiger partial charge on any atom is 0.266 e. The van der Waals surface area contributed by atoms with Crippen LogP contribution in [0.1, 0.15) is 38.2 Å². The minimum Gasteiger partial charge on any atom is -0.307 e. The fraction of sp³-hybridized carbons (Fsp3) is 0.333. The van der Waals surface area contributed by atoms with Crippen LogP contribution in [0, 0.1) is 12.8 Å². The van der Waals surface area contributed by atoms with Crippen molar-refractivity contribution in [1.82, 2.24) is 14.9 Å². The minimum absolute atomic E-state index is 0.0203. The Labute approximate surface area is 148 Å². The lowest BCUT2D eigenvalue weighted by atomic mass is 10.1. The molecule has 0 aliphatic heterocycles. The number of hydrogen-bond acceptors (Lipinski definition) is 3. The van der Waals surface area contributed by atoms with Gasteiger partial charge in [0.05, 0.1) is 22.6 Å². The van der Waals surface area contributed by atoms with E-state index >= 15 is 0 Å². The topological polar surface area (TPSA) is 46.9 Å². The van der Waals surface area contributed by atoms with E-state index in [2.05, 4.69) is 26.1 Å². The number of aryl methyl sites for hydroxylation is 1. The van der Waals surface area contributed by atoms with Crippen LogP contribution in [0.4, 0.5) is 0 Å². The second-order valence-corrected chi connectivity index (χ2v) is 6.94. The summed E-state index contributed by atoms with van der Waals surface area (Å²) in [4.78, 5) is 18.1. The van der Waals surface area contributed by atoms with Crippen molar-refractivity contribution in [2.75, 3.05) is 6.54 Å². The number of rotatable bonds is 5. The molecule has 1 N–H and O–H groups in total. The maximum atomic E-state index is 13.2. The number of nitrogens with zero attached hydrogens (tertiary/aromatic N) is 2. The number of aromatic nitrogens is 2. The number of para-hydroxylation sites is 2. The summed E-state index contributed by atoms with van der Waals surface area (Å²) in [5, 5.41) is 4.14. The van der Waals surface area contributed by atoms with Gasteiger partial charge in [0.25, 0.3) is 5.56 Å². The second-order valence-electron chi connectivity index (χ2n) is 6.94. The fourth-order valence-corrected chi connectivity index (χ4v) is 2.99. The molecule has 25 heavy (non-hydrogen) atoms. The Kier molecular flexibility index (Phi) is 5.00. The first kappa shape index (κ1) is 17.4. The second kappa shape index (κ2) is 7.19. The van der Waals surface area contributed by atoms with Gasteiger partial charge in [0.2, 0.25) is 0 Å². The Morgan fingerprint density at radius 3 is 2.44 bits per heavy atom. The number of hydrogen-bond donors (Lipinski definition) is 1. The van der Waals surface area contributed by atoms with Crippen molar-refractivity contribution in [3.8, 4) is 5.69 Å². The summed E-state index contributed by atoms with van der Waals surface area (Å²) >= 11 is 0. The van der Waals surface area contributed by atoms with E-state index < -0.39 is 0 Å². The van der Waals surface area contributed by atoms with Crippen LogP contribution in [-0.4, -0.2) is 16.1 Å². The molecule has 130 valence electrons. The van der Waals surface area contributed by atoms with Gasteiger partial charge in [-0.2, -0.15) is 0 Å². The van der Waals surface area contributed by atoms with Crippen molar-refractivity contribution in [2.24, 2.45) is 5.92 Å². The van der Waals surface area contributed by atoms with E-state index in [0.717, 1.165) is 29.1 Å². The Morgan fingerprint density at radius 1 is 1.04 bits per heavy atom. The van der Waals surface area contributed by atoms with Gasteiger partial charge in [-0.3, -0.25) is 9.36 Å². The molecule has 0 saturated carbocycles. The van der Waals surface area contributed by atoms with Crippen LogP contribution in [0.2, 0.25) is 0 Å². The van der Waals surface area contributed by atoms with Crippen LogP contribution in [0.25, 0.3) is 16.6 Å². The highest BCUT2D eigenvalue weighted by atomic mass is 16.1. The fourth-order valence-electron chi connectivity index (χ4n) is 2.99. The third kappa shape index (κ3) is 3.49. The van der Waals surface area contributed by atoms with Crippen molar-refractivity contribution < 1.29 is 0 Å². The molecule has 0 saturated heterocycles. The Morgan fingerprint density at radius 2 is 1.72 bits per heavy atom. The first-order valence-corrected chi connectivity index (χ1v) is 8.80. The molecular weight excluding hydrogens is 310 g/mol. The van der Waals surface area contributed by atoms with Crippen molar-refractivity contribution in [2.45, 2.75) is 33.7 Å². The molecule has 1 heterocycles. The molecule has 1 atom stereocenters. The van der Waals surface area contributed by atoms with Gasteiger partial charge in [0.1, 0.15) is 5.82 Å². The van der Waals surface area contributed by atoms with Gasteiger partial charge in [0.15, 0.2) is 0 Å². The molecule has 4 heteroatoms. The Balaban J connectivity index is 2.25. The van der Waals surface area contributed by atoms with Gasteiger partial charge in [0, 0.05) is 0 Å². The molecular formula is C21H25N3O. The third-order valence-electron chi connectivity index (χ3n) is 4.38. The summed E-state index contributed by atoms with van der Waals surface area (Å²) in [7, 11) is 0. The number of benzene rings is 2. The molecule has 0 amide bonds. The van der Waals surface area contributed by atoms with E-state index in [4.69, 9.17) is 4.98 Å². The van der Waals surface area contributed by atoms with E-state index in [9.17, 15) is 4.79 Å². The molecule has 3 aromatic rings. The molecule has 0 aliphatic carbocycles. The lowest BCUT2D eigenvalue weighted by Gasteiger charge is -2.21. The van der Waals surface area contributed by atoms with Crippen LogP contribution >= 0.6 is 0 Å². The first-order chi connectivity index (χ1) is 12.0. The Bertz CT molecular complexity index is 943. The zero-order chi connectivity index (χ0) is 18.0. The van der Waals surface area contributed by atoms with Crippen molar-refractivity contribution in [3.63, 3.8) is 0 Å². The maximum absolute atomic E-state index is 13.2. The average Bonchev–Trinajstić information content (AvgIpc) is 2.60.